The van der Waals surface area contributed by atoms with Crippen LogP contribution in [0.3, 0.4) is 0 Å². The highest BCUT2D eigenvalue weighted by atomic mass is 32.2. The summed E-state index contributed by atoms with van der Waals surface area (Å²) >= 11 is 0. The number of piperazine rings is 1. The molecule has 3 heterocycles. The standard InChI is InChI=1S/C19H18N4O3S/c1-13-8-17-16(11-21-13)18(24)23-7-6-22(12-19(17,23)2)27(25,26)15-5-3-4-14(9-15)10-20/h3-5,8-9,11H,6-7,12H2,1-2H3. The molecule has 1 unspecified atom stereocenters. The maximum absolute atomic E-state index is 13.1. The van der Waals surface area contributed by atoms with Gasteiger partial charge in [-0.15, -0.1) is 0 Å². The fourth-order valence-electron chi connectivity index (χ4n) is 3.92. The molecule has 7 nitrogen and oxygen atoms in total. The number of nitriles is 1. The summed E-state index contributed by atoms with van der Waals surface area (Å²) in [6, 6.07) is 9.84. The van der Waals surface area contributed by atoms with Crippen molar-refractivity contribution >= 4 is 15.9 Å². The second-order valence-electron chi connectivity index (χ2n) is 7.08. The molecule has 1 aromatic carbocycles. The van der Waals surface area contributed by atoms with Crippen LogP contribution in [0.2, 0.25) is 0 Å². The van der Waals surface area contributed by atoms with Crippen LogP contribution in [0.1, 0.15) is 34.1 Å². The first kappa shape index (κ1) is 17.6. The molecule has 27 heavy (non-hydrogen) atoms. The molecule has 1 fully saturated rings. The summed E-state index contributed by atoms with van der Waals surface area (Å²) in [5, 5.41) is 9.06. The van der Waals surface area contributed by atoms with Crippen LogP contribution in [0.5, 0.6) is 0 Å². The SMILES string of the molecule is Cc1cc2c(cn1)C(=O)N1CCN(S(=O)(=O)c3cccc(C#N)c3)CC21C. The Labute approximate surface area is 157 Å². The Morgan fingerprint density at radius 1 is 1.26 bits per heavy atom. The van der Waals surface area contributed by atoms with Crippen LogP contribution in [0.4, 0.5) is 0 Å². The van der Waals surface area contributed by atoms with E-state index < -0.39 is 15.6 Å². The van der Waals surface area contributed by atoms with Gasteiger partial charge in [-0.2, -0.15) is 9.57 Å². The third-order valence-electron chi connectivity index (χ3n) is 5.35. The number of hydrogen-bond donors (Lipinski definition) is 0. The fraction of sp³-hybridized carbons (Fsp3) is 0.316. The molecule has 0 saturated carbocycles. The second-order valence-corrected chi connectivity index (χ2v) is 9.02. The van der Waals surface area contributed by atoms with Crippen LogP contribution in [0.25, 0.3) is 0 Å². The van der Waals surface area contributed by atoms with Crippen LogP contribution in [0.15, 0.2) is 41.4 Å². The van der Waals surface area contributed by atoms with E-state index in [0.29, 0.717) is 17.7 Å². The zero-order valence-corrected chi connectivity index (χ0v) is 15.8. The summed E-state index contributed by atoms with van der Waals surface area (Å²) < 4.78 is 27.7. The minimum Gasteiger partial charge on any atom is -0.326 e. The van der Waals surface area contributed by atoms with Gasteiger partial charge in [0, 0.05) is 31.5 Å². The van der Waals surface area contributed by atoms with E-state index in [2.05, 4.69) is 4.98 Å². The summed E-state index contributed by atoms with van der Waals surface area (Å²) in [6.07, 6.45) is 1.58. The number of aromatic nitrogens is 1. The number of fused-ring (bicyclic) bond motifs is 3. The molecular formula is C19H18N4O3S. The Balaban J connectivity index is 1.75. The lowest BCUT2D eigenvalue weighted by atomic mass is 9.90. The molecule has 8 heteroatoms. The summed E-state index contributed by atoms with van der Waals surface area (Å²) in [5.41, 5.74) is 1.69. The normalized spacial score (nSPS) is 22.3. The first-order valence-corrected chi connectivity index (χ1v) is 10.0. The van der Waals surface area contributed by atoms with Gasteiger partial charge in [-0.05, 0) is 43.7 Å². The molecule has 4 rings (SSSR count). The maximum atomic E-state index is 13.1. The van der Waals surface area contributed by atoms with E-state index in [1.807, 2.05) is 26.0 Å². The minimum absolute atomic E-state index is 0.0917. The van der Waals surface area contributed by atoms with Crippen LogP contribution in [-0.2, 0) is 15.6 Å². The monoisotopic (exact) mass is 382 g/mol. The molecule has 2 aromatic rings. The number of amides is 1. The maximum Gasteiger partial charge on any atom is 0.256 e. The first-order valence-electron chi connectivity index (χ1n) is 8.57. The molecule has 2 aliphatic rings. The van der Waals surface area contributed by atoms with Gasteiger partial charge >= 0.3 is 0 Å². The van der Waals surface area contributed by atoms with Crippen molar-refractivity contribution in [2.75, 3.05) is 19.6 Å². The molecule has 0 aliphatic carbocycles. The Morgan fingerprint density at radius 2 is 2.04 bits per heavy atom. The molecule has 1 aromatic heterocycles. The topological polar surface area (TPSA) is 94.4 Å². The molecule has 1 amide bonds. The number of pyridine rings is 1. The average molecular weight is 382 g/mol. The number of carbonyl (C=O) groups is 1. The predicted molar refractivity (Wildman–Crippen MR) is 97.3 cm³/mol. The van der Waals surface area contributed by atoms with Crippen LogP contribution in [-0.4, -0.2) is 48.1 Å². The van der Waals surface area contributed by atoms with Crippen molar-refractivity contribution in [2.45, 2.75) is 24.3 Å². The number of nitrogens with zero attached hydrogens (tertiary/aromatic N) is 4. The van der Waals surface area contributed by atoms with Gasteiger partial charge in [0.05, 0.1) is 27.6 Å². The largest absolute Gasteiger partial charge is 0.326 e. The molecule has 0 bridgehead atoms. The smallest absolute Gasteiger partial charge is 0.256 e. The van der Waals surface area contributed by atoms with Gasteiger partial charge in [-0.25, -0.2) is 8.42 Å². The Bertz CT molecular complexity index is 1110. The Morgan fingerprint density at radius 3 is 2.78 bits per heavy atom. The predicted octanol–water partition coefficient (Wildman–Crippen LogP) is 1.64. The fourth-order valence-corrected chi connectivity index (χ4v) is 5.49. The van der Waals surface area contributed by atoms with E-state index in [4.69, 9.17) is 5.26 Å². The van der Waals surface area contributed by atoms with Crippen molar-refractivity contribution in [2.24, 2.45) is 0 Å². The van der Waals surface area contributed by atoms with Crippen LogP contribution >= 0.6 is 0 Å². The van der Waals surface area contributed by atoms with E-state index in [0.717, 1.165) is 11.3 Å². The third kappa shape index (κ3) is 2.54. The molecular weight excluding hydrogens is 364 g/mol. The lowest BCUT2D eigenvalue weighted by molar-refractivity contribution is 0.0376. The van der Waals surface area contributed by atoms with Gasteiger partial charge in [0.2, 0.25) is 10.0 Å². The van der Waals surface area contributed by atoms with Crippen LogP contribution < -0.4 is 0 Å². The Kier molecular flexibility index (Phi) is 3.84. The summed E-state index contributed by atoms with van der Waals surface area (Å²) in [5.74, 6) is -0.108. The highest BCUT2D eigenvalue weighted by molar-refractivity contribution is 7.89. The van der Waals surface area contributed by atoms with Crippen molar-refractivity contribution < 1.29 is 13.2 Å². The van der Waals surface area contributed by atoms with E-state index in [1.165, 1.54) is 16.4 Å². The van der Waals surface area contributed by atoms with Crippen molar-refractivity contribution in [3.8, 4) is 6.07 Å². The van der Waals surface area contributed by atoms with Crippen molar-refractivity contribution in [3.63, 3.8) is 0 Å². The van der Waals surface area contributed by atoms with E-state index in [9.17, 15) is 13.2 Å². The first-order chi connectivity index (χ1) is 12.8. The van der Waals surface area contributed by atoms with Gasteiger partial charge in [0.15, 0.2) is 0 Å². The third-order valence-corrected chi connectivity index (χ3v) is 7.19. The van der Waals surface area contributed by atoms with Gasteiger partial charge in [-0.1, -0.05) is 6.07 Å². The number of hydrogen-bond acceptors (Lipinski definition) is 5. The van der Waals surface area contributed by atoms with Gasteiger partial charge in [-0.3, -0.25) is 9.78 Å². The summed E-state index contributed by atoms with van der Waals surface area (Å²) in [7, 11) is -3.77. The zero-order chi connectivity index (χ0) is 19.4. The number of carbonyl (C=O) groups excluding carboxylic acids is 1. The molecule has 0 spiro atoms. The average Bonchev–Trinajstić information content (AvgIpc) is 2.88. The van der Waals surface area contributed by atoms with E-state index >= 15 is 0 Å². The molecule has 1 atom stereocenters. The zero-order valence-electron chi connectivity index (χ0n) is 15.0. The van der Waals surface area contributed by atoms with Crippen LogP contribution in [0, 0.1) is 18.3 Å². The molecule has 138 valence electrons. The molecule has 0 radical (unpaired) electrons. The van der Waals surface area contributed by atoms with Gasteiger partial charge in [0.25, 0.3) is 5.91 Å². The highest BCUT2D eigenvalue weighted by Crippen LogP contribution is 2.42. The summed E-state index contributed by atoms with van der Waals surface area (Å²) in [6.45, 7) is 4.42. The lowest BCUT2D eigenvalue weighted by Crippen LogP contribution is -2.58. The van der Waals surface area contributed by atoms with Crippen molar-refractivity contribution in [3.05, 3.63) is 58.9 Å². The minimum atomic E-state index is -3.77. The summed E-state index contributed by atoms with van der Waals surface area (Å²) in [4.78, 5) is 18.8. The number of benzene rings is 1. The number of aryl methyl sites for hydroxylation is 1. The number of rotatable bonds is 2. The van der Waals surface area contributed by atoms with Crippen molar-refractivity contribution in [1.82, 2.24) is 14.2 Å². The van der Waals surface area contributed by atoms with E-state index in [1.54, 1.807) is 23.2 Å². The van der Waals surface area contributed by atoms with Crippen molar-refractivity contribution in [1.29, 1.82) is 5.26 Å². The number of sulfonamides is 1. The lowest BCUT2D eigenvalue weighted by Gasteiger charge is -2.44. The molecule has 1 saturated heterocycles. The van der Waals surface area contributed by atoms with Gasteiger partial charge in [0.1, 0.15) is 0 Å². The van der Waals surface area contributed by atoms with Gasteiger partial charge < -0.3 is 4.90 Å². The quantitative estimate of drug-likeness (QED) is 0.787. The van der Waals surface area contributed by atoms with E-state index in [-0.39, 0.29) is 23.9 Å². The molecule has 0 N–H and O–H groups in total. The second kappa shape index (κ2) is 5.87. The highest BCUT2D eigenvalue weighted by Gasteiger charge is 2.51. The molecule has 2 aliphatic heterocycles. The Hall–Kier alpha value is -2.76.